The Morgan fingerprint density at radius 1 is 0.882 bits per heavy atom. The second-order valence-electron chi connectivity index (χ2n) is 8.46. The van der Waals surface area contributed by atoms with Crippen LogP contribution in [0.4, 0.5) is 0 Å². The third kappa shape index (κ3) is 7.93. The highest BCUT2D eigenvalue weighted by molar-refractivity contribution is 7.99. The molecule has 0 spiro atoms. The Balaban J connectivity index is 1.83. The number of hydrogen-bond donors (Lipinski definition) is 1. The molecule has 3 aromatic rings. The Morgan fingerprint density at radius 3 is 2.09 bits per heavy atom. The summed E-state index contributed by atoms with van der Waals surface area (Å²) in [4.78, 5) is 28.6. The van der Waals surface area contributed by atoms with Crippen molar-refractivity contribution in [3.63, 3.8) is 0 Å². The summed E-state index contributed by atoms with van der Waals surface area (Å²) in [5.74, 6) is 0.685. The maximum absolute atomic E-state index is 13.5. The number of carbonyl (C=O) groups is 2. The fourth-order valence-corrected chi connectivity index (χ4v) is 4.86. The van der Waals surface area contributed by atoms with Crippen LogP contribution in [0.3, 0.4) is 0 Å². The summed E-state index contributed by atoms with van der Waals surface area (Å²) < 4.78 is 0. The van der Waals surface area contributed by atoms with Crippen LogP contribution < -0.4 is 5.32 Å². The largest absolute Gasteiger partial charge is 0.352 e. The molecule has 0 saturated heterocycles. The normalized spacial score (nSPS) is 11.8. The lowest BCUT2D eigenvalue weighted by Crippen LogP contribution is -2.52. The highest BCUT2D eigenvalue weighted by Gasteiger charge is 2.30. The van der Waals surface area contributed by atoms with Crippen LogP contribution in [-0.4, -0.2) is 34.6 Å². The number of nitrogens with one attached hydrogen (secondary N) is 1. The Morgan fingerprint density at radius 2 is 1.47 bits per heavy atom. The first-order chi connectivity index (χ1) is 16.4. The molecular formula is C28H31ClN2O2S. The van der Waals surface area contributed by atoms with Crippen molar-refractivity contribution in [2.45, 2.75) is 44.6 Å². The van der Waals surface area contributed by atoms with E-state index in [0.29, 0.717) is 23.7 Å². The van der Waals surface area contributed by atoms with Crippen LogP contribution in [0.2, 0.25) is 5.02 Å². The molecule has 0 bridgehead atoms. The molecule has 0 aromatic heterocycles. The molecular weight excluding hydrogens is 464 g/mol. The minimum Gasteiger partial charge on any atom is -0.352 e. The summed E-state index contributed by atoms with van der Waals surface area (Å²) >= 11 is 7.79. The second kappa shape index (κ2) is 13.2. The first-order valence-corrected chi connectivity index (χ1v) is 13.0. The number of carbonyl (C=O) groups excluding carboxylic acids is 2. The summed E-state index contributed by atoms with van der Waals surface area (Å²) in [7, 11) is 0. The predicted molar refractivity (Wildman–Crippen MR) is 142 cm³/mol. The van der Waals surface area contributed by atoms with Gasteiger partial charge in [0, 0.05) is 29.8 Å². The minimum atomic E-state index is -0.613. The van der Waals surface area contributed by atoms with Gasteiger partial charge < -0.3 is 10.2 Å². The van der Waals surface area contributed by atoms with Crippen LogP contribution in [0.15, 0.2) is 84.9 Å². The second-order valence-corrected chi connectivity index (χ2v) is 9.85. The number of nitrogens with zero attached hydrogens (tertiary/aromatic N) is 1. The van der Waals surface area contributed by atoms with Gasteiger partial charge in [-0.1, -0.05) is 90.5 Å². The monoisotopic (exact) mass is 494 g/mol. The number of rotatable bonds is 11. The van der Waals surface area contributed by atoms with Crippen LogP contribution in [0, 0.1) is 0 Å². The molecule has 3 aromatic carbocycles. The molecule has 0 fully saturated rings. The Hall–Kier alpha value is -2.76. The van der Waals surface area contributed by atoms with Gasteiger partial charge in [0.15, 0.2) is 0 Å². The van der Waals surface area contributed by atoms with Gasteiger partial charge in [-0.3, -0.25) is 9.59 Å². The van der Waals surface area contributed by atoms with Crippen LogP contribution in [0.5, 0.6) is 0 Å². The zero-order valence-corrected chi connectivity index (χ0v) is 21.2. The SMILES string of the molecule is CC(C)NC(=O)[C@@H](Cc1ccccc1)N(Cc1ccccc1)C(=O)CSCc1ccccc1Cl. The van der Waals surface area contributed by atoms with Gasteiger partial charge >= 0.3 is 0 Å². The van der Waals surface area contributed by atoms with Crippen molar-refractivity contribution in [1.82, 2.24) is 10.2 Å². The molecule has 0 radical (unpaired) electrons. The molecule has 34 heavy (non-hydrogen) atoms. The van der Waals surface area contributed by atoms with Gasteiger partial charge in [-0.15, -0.1) is 11.8 Å². The maximum Gasteiger partial charge on any atom is 0.243 e. The van der Waals surface area contributed by atoms with Gasteiger partial charge in [-0.2, -0.15) is 0 Å². The van der Waals surface area contributed by atoms with Gasteiger partial charge in [-0.25, -0.2) is 0 Å². The van der Waals surface area contributed by atoms with Gasteiger partial charge in [0.05, 0.1) is 5.75 Å². The number of thioether (sulfide) groups is 1. The lowest BCUT2D eigenvalue weighted by atomic mass is 10.0. The Kier molecular flexibility index (Phi) is 10.0. The molecule has 1 N–H and O–H groups in total. The third-order valence-corrected chi connectivity index (χ3v) is 6.67. The molecule has 0 aliphatic heterocycles. The third-order valence-electron chi connectivity index (χ3n) is 5.34. The van der Waals surface area contributed by atoms with E-state index >= 15 is 0 Å². The highest BCUT2D eigenvalue weighted by Crippen LogP contribution is 2.22. The molecule has 0 aliphatic carbocycles. The van der Waals surface area contributed by atoms with Crippen molar-refractivity contribution in [2.75, 3.05) is 5.75 Å². The molecule has 0 saturated carbocycles. The molecule has 3 rings (SSSR count). The molecule has 4 nitrogen and oxygen atoms in total. The van der Waals surface area contributed by atoms with E-state index in [1.165, 1.54) is 11.8 Å². The van der Waals surface area contributed by atoms with E-state index < -0.39 is 6.04 Å². The summed E-state index contributed by atoms with van der Waals surface area (Å²) in [6.45, 7) is 4.23. The minimum absolute atomic E-state index is 0.0194. The first kappa shape index (κ1) is 25.9. The molecule has 0 unspecified atom stereocenters. The van der Waals surface area contributed by atoms with E-state index in [9.17, 15) is 9.59 Å². The molecule has 178 valence electrons. The van der Waals surface area contributed by atoms with Gasteiger partial charge in [0.2, 0.25) is 11.8 Å². The smallest absolute Gasteiger partial charge is 0.243 e. The highest BCUT2D eigenvalue weighted by atomic mass is 35.5. The lowest BCUT2D eigenvalue weighted by Gasteiger charge is -2.32. The number of halogens is 1. The van der Waals surface area contributed by atoms with Crippen LogP contribution >= 0.6 is 23.4 Å². The summed E-state index contributed by atoms with van der Waals surface area (Å²) in [6.07, 6.45) is 0.452. The van der Waals surface area contributed by atoms with Crippen molar-refractivity contribution < 1.29 is 9.59 Å². The lowest BCUT2D eigenvalue weighted by molar-refractivity contribution is -0.139. The number of amides is 2. The van der Waals surface area contributed by atoms with E-state index in [1.54, 1.807) is 4.90 Å². The van der Waals surface area contributed by atoms with E-state index in [0.717, 1.165) is 16.7 Å². The van der Waals surface area contributed by atoms with Crippen molar-refractivity contribution in [3.8, 4) is 0 Å². The van der Waals surface area contributed by atoms with Crippen LogP contribution in [0.1, 0.15) is 30.5 Å². The topological polar surface area (TPSA) is 49.4 Å². The fraction of sp³-hybridized carbons (Fsp3) is 0.286. The van der Waals surface area contributed by atoms with E-state index in [1.807, 2.05) is 98.8 Å². The number of benzene rings is 3. The standard InChI is InChI=1S/C28H31ClN2O2S/c1-21(2)30-28(33)26(17-22-11-5-3-6-12-22)31(18-23-13-7-4-8-14-23)27(32)20-34-19-24-15-9-10-16-25(24)29/h3-16,21,26H,17-20H2,1-2H3,(H,30,33)/t26-/m1/s1. The quantitative estimate of drug-likeness (QED) is 0.370. The first-order valence-electron chi connectivity index (χ1n) is 11.4. The summed E-state index contributed by atoms with van der Waals surface area (Å²) in [5, 5.41) is 3.71. The Bertz CT molecular complexity index is 1060. The van der Waals surface area contributed by atoms with Crippen molar-refractivity contribution in [3.05, 3.63) is 107 Å². The van der Waals surface area contributed by atoms with E-state index in [4.69, 9.17) is 11.6 Å². The van der Waals surface area contributed by atoms with Crippen molar-refractivity contribution in [1.29, 1.82) is 0 Å². The average molecular weight is 495 g/mol. The van der Waals surface area contributed by atoms with Gasteiger partial charge in [0.1, 0.15) is 6.04 Å². The van der Waals surface area contributed by atoms with Gasteiger partial charge in [0.25, 0.3) is 0 Å². The molecule has 2 amide bonds. The molecule has 1 atom stereocenters. The predicted octanol–water partition coefficient (Wildman–Crippen LogP) is 5.74. The van der Waals surface area contributed by atoms with Crippen molar-refractivity contribution >= 4 is 35.2 Å². The number of hydrogen-bond acceptors (Lipinski definition) is 3. The van der Waals surface area contributed by atoms with Crippen molar-refractivity contribution in [2.24, 2.45) is 0 Å². The van der Waals surface area contributed by atoms with Gasteiger partial charge in [-0.05, 0) is 36.6 Å². The Labute approximate surface area is 211 Å². The van der Waals surface area contributed by atoms with Crippen LogP contribution in [-0.2, 0) is 28.3 Å². The molecule has 6 heteroatoms. The summed E-state index contributed by atoms with van der Waals surface area (Å²) in [6, 6.07) is 26.7. The van der Waals surface area contributed by atoms with Crippen LogP contribution in [0.25, 0.3) is 0 Å². The molecule has 0 aliphatic rings. The fourth-order valence-electron chi connectivity index (χ4n) is 3.66. The van der Waals surface area contributed by atoms with E-state index in [2.05, 4.69) is 5.32 Å². The van der Waals surface area contributed by atoms with E-state index in [-0.39, 0.29) is 23.6 Å². The zero-order valence-electron chi connectivity index (χ0n) is 19.6. The average Bonchev–Trinajstić information content (AvgIpc) is 2.83. The zero-order chi connectivity index (χ0) is 24.3. The maximum atomic E-state index is 13.5. The molecule has 0 heterocycles. The summed E-state index contributed by atoms with van der Waals surface area (Å²) in [5.41, 5.74) is 3.00.